The second-order valence-electron chi connectivity index (χ2n) is 11.9. The van der Waals surface area contributed by atoms with Gasteiger partial charge in [0.2, 0.25) is 6.10 Å². The molecular formula is C35H39N3O7. The average Bonchev–Trinajstić information content (AvgIpc) is 3.05. The van der Waals surface area contributed by atoms with E-state index in [1.54, 1.807) is 49.9 Å². The third-order valence-corrected chi connectivity index (χ3v) is 7.61. The zero-order chi connectivity index (χ0) is 32.6. The fourth-order valence-electron chi connectivity index (χ4n) is 4.90. The summed E-state index contributed by atoms with van der Waals surface area (Å²) in [7, 11) is 1.27. The second-order valence-corrected chi connectivity index (χ2v) is 11.9. The van der Waals surface area contributed by atoms with Crippen molar-refractivity contribution in [2.75, 3.05) is 20.2 Å². The Bertz CT molecular complexity index is 1510. The number of amides is 2. The number of esters is 2. The summed E-state index contributed by atoms with van der Waals surface area (Å²) in [6, 6.07) is 23.7. The van der Waals surface area contributed by atoms with Crippen molar-refractivity contribution in [2.24, 2.45) is 11.3 Å². The number of methoxy groups -OCH3 is 1. The number of amidine groups is 1. The topological polar surface area (TPSA) is 135 Å². The summed E-state index contributed by atoms with van der Waals surface area (Å²) < 4.78 is 15.6. The maximum absolute atomic E-state index is 13.2. The van der Waals surface area contributed by atoms with Gasteiger partial charge >= 0.3 is 18.0 Å². The molecule has 1 saturated heterocycles. The number of ether oxygens (including phenoxy) is 3. The third kappa shape index (κ3) is 8.78. The SMILES string of the molecule is COC(=O)C(OC(=O)C(C)(C)C)C1CCN(C(=O)c2ccc(-c3ccc(C(=N)NC(=O)OCc4ccccc4)cc3)cc2)CC1. The van der Waals surface area contributed by atoms with Crippen molar-refractivity contribution in [2.45, 2.75) is 46.3 Å². The van der Waals surface area contributed by atoms with Gasteiger partial charge in [0.15, 0.2) is 0 Å². The number of benzene rings is 3. The normalized spacial score (nSPS) is 14.2. The standard InChI is InChI=1S/C35H39N3O7/c1-35(2,3)33(41)45-29(32(40)43-4)26-18-20-38(21-19-26)31(39)28-16-12-25(13-17-28)24-10-14-27(15-11-24)30(36)37-34(42)44-22-23-8-6-5-7-9-23/h5-17,26,29H,18-22H2,1-4H3,(H2,36,37,42). The number of likely N-dealkylation sites (tertiary alicyclic amines) is 1. The van der Waals surface area contributed by atoms with Crippen molar-refractivity contribution in [3.63, 3.8) is 0 Å². The molecule has 3 aromatic carbocycles. The molecule has 2 N–H and O–H groups in total. The van der Waals surface area contributed by atoms with Gasteiger partial charge < -0.3 is 19.1 Å². The van der Waals surface area contributed by atoms with Crippen molar-refractivity contribution in [1.29, 1.82) is 5.41 Å². The van der Waals surface area contributed by atoms with Crippen molar-refractivity contribution < 1.29 is 33.4 Å². The molecule has 1 fully saturated rings. The van der Waals surface area contributed by atoms with Gasteiger partial charge in [-0.25, -0.2) is 9.59 Å². The van der Waals surface area contributed by atoms with E-state index < -0.39 is 29.6 Å². The van der Waals surface area contributed by atoms with Gasteiger partial charge in [-0.2, -0.15) is 0 Å². The van der Waals surface area contributed by atoms with Gasteiger partial charge in [0.05, 0.1) is 12.5 Å². The smallest absolute Gasteiger partial charge is 0.413 e. The molecule has 0 radical (unpaired) electrons. The number of carbonyl (C=O) groups excluding carboxylic acids is 4. The first kappa shape index (κ1) is 32.9. The van der Waals surface area contributed by atoms with E-state index in [1.165, 1.54) is 7.11 Å². The van der Waals surface area contributed by atoms with Crippen LogP contribution in [-0.2, 0) is 30.4 Å². The van der Waals surface area contributed by atoms with Gasteiger partial charge in [0.25, 0.3) is 5.91 Å². The molecule has 236 valence electrons. The molecule has 45 heavy (non-hydrogen) atoms. The largest absolute Gasteiger partial charge is 0.466 e. The van der Waals surface area contributed by atoms with Crippen LogP contribution >= 0.6 is 0 Å². The monoisotopic (exact) mass is 613 g/mol. The number of carbonyl (C=O) groups is 4. The lowest BCUT2D eigenvalue weighted by atomic mass is 9.90. The highest BCUT2D eigenvalue weighted by Crippen LogP contribution is 2.28. The lowest BCUT2D eigenvalue weighted by molar-refractivity contribution is -0.176. The van der Waals surface area contributed by atoms with Gasteiger partial charge in [-0.3, -0.25) is 20.3 Å². The Morgan fingerprint density at radius 2 is 1.42 bits per heavy atom. The minimum Gasteiger partial charge on any atom is -0.466 e. The van der Waals surface area contributed by atoms with Gasteiger partial charge in [0, 0.05) is 30.1 Å². The van der Waals surface area contributed by atoms with Crippen molar-refractivity contribution in [3.05, 3.63) is 95.6 Å². The Kier molecular flexibility index (Phi) is 10.7. The van der Waals surface area contributed by atoms with E-state index in [0.29, 0.717) is 37.1 Å². The van der Waals surface area contributed by atoms with Crippen LogP contribution in [0.3, 0.4) is 0 Å². The minimum absolute atomic E-state index is 0.0744. The highest BCUT2D eigenvalue weighted by molar-refractivity contribution is 6.04. The maximum Gasteiger partial charge on any atom is 0.413 e. The molecule has 4 rings (SSSR count). The fourth-order valence-corrected chi connectivity index (χ4v) is 4.90. The maximum atomic E-state index is 13.2. The molecule has 1 aliphatic rings. The number of rotatable bonds is 8. The van der Waals surface area contributed by atoms with Crippen LogP contribution in [0.25, 0.3) is 11.1 Å². The average molecular weight is 614 g/mol. The van der Waals surface area contributed by atoms with Gasteiger partial charge in [0.1, 0.15) is 12.4 Å². The van der Waals surface area contributed by atoms with Crippen LogP contribution in [0.2, 0.25) is 0 Å². The summed E-state index contributed by atoms with van der Waals surface area (Å²) in [4.78, 5) is 51.9. The quantitative estimate of drug-likeness (QED) is 0.146. The van der Waals surface area contributed by atoms with Crippen molar-refractivity contribution >= 4 is 29.8 Å². The predicted molar refractivity (Wildman–Crippen MR) is 168 cm³/mol. The van der Waals surface area contributed by atoms with Gasteiger partial charge in [-0.1, -0.05) is 66.7 Å². The molecule has 0 aromatic heterocycles. The van der Waals surface area contributed by atoms with Crippen LogP contribution < -0.4 is 5.32 Å². The summed E-state index contributed by atoms with van der Waals surface area (Å²) in [6.07, 6.45) is -0.702. The fraction of sp³-hybridized carbons (Fsp3) is 0.343. The molecule has 1 atom stereocenters. The second kappa shape index (κ2) is 14.7. The highest BCUT2D eigenvalue weighted by atomic mass is 16.6. The zero-order valence-electron chi connectivity index (χ0n) is 26.0. The third-order valence-electron chi connectivity index (χ3n) is 7.61. The van der Waals surface area contributed by atoms with E-state index in [9.17, 15) is 19.2 Å². The summed E-state index contributed by atoms with van der Waals surface area (Å²) in [5, 5.41) is 10.7. The summed E-state index contributed by atoms with van der Waals surface area (Å²) in [5.41, 5.74) is 2.93. The lowest BCUT2D eigenvalue weighted by Gasteiger charge is -2.35. The molecule has 0 aliphatic carbocycles. The minimum atomic E-state index is -1.00. The first-order valence-electron chi connectivity index (χ1n) is 14.8. The van der Waals surface area contributed by atoms with Crippen LogP contribution in [0.1, 0.15) is 55.1 Å². The number of hydrogen-bond acceptors (Lipinski definition) is 8. The van der Waals surface area contributed by atoms with E-state index >= 15 is 0 Å². The number of nitrogens with zero attached hydrogens (tertiary/aromatic N) is 1. The van der Waals surface area contributed by atoms with E-state index in [-0.39, 0.29) is 24.3 Å². The number of alkyl carbamates (subject to hydrolysis) is 1. The molecule has 0 spiro atoms. The Hall–Kier alpha value is -4.99. The highest BCUT2D eigenvalue weighted by Gasteiger charge is 2.38. The molecular weight excluding hydrogens is 574 g/mol. The van der Waals surface area contributed by atoms with Crippen LogP contribution in [0.4, 0.5) is 4.79 Å². The molecule has 0 bridgehead atoms. The first-order chi connectivity index (χ1) is 21.5. The van der Waals surface area contributed by atoms with Crippen LogP contribution in [0.15, 0.2) is 78.9 Å². The van der Waals surface area contributed by atoms with Gasteiger partial charge in [-0.05, 0) is 62.4 Å². The molecule has 10 heteroatoms. The van der Waals surface area contributed by atoms with Crippen molar-refractivity contribution in [3.8, 4) is 11.1 Å². The van der Waals surface area contributed by atoms with Crippen molar-refractivity contribution in [1.82, 2.24) is 10.2 Å². The molecule has 2 amide bonds. The first-order valence-corrected chi connectivity index (χ1v) is 14.8. The van der Waals surface area contributed by atoms with E-state index in [1.807, 2.05) is 54.6 Å². The van der Waals surface area contributed by atoms with E-state index in [0.717, 1.165) is 16.7 Å². The number of nitrogens with one attached hydrogen (secondary N) is 2. The molecule has 10 nitrogen and oxygen atoms in total. The van der Waals surface area contributed by atoms with Crippen LogP contribution in [0.5, 0.6) is 0 Å². The van der Waals surface area contributed by atoms with E-state index in [2.05, 4.69) is 5.32 Å². The Morgan fingerprint density at radius 3 is 1.96 bits per heavy atom. The molecule has 1 aliphatic heterocycles. The predicted octanol–water partition coefficient (Wildman–Crippen LogP) is 5.59. The summed E-state index contributed by atoms with van der Waals surface area (Å²) in [5.74, 6) is -1.49. The number of hydrogen-bond donors (Lipinski definition) is 2. The zero-order valence-corrected chi connectivity index (χ0v) is 26.0. The molecule has 0 saturated carbocycles. The summed E-state index contributed by atoms with van der Waals surface area (Å²) in [6.45, 7) is 6.14. The Morgan fingerprint density at radius 1 is 0.867 bits per heavy atom. The lowest BCUT2D eigenvalue weighted by Crippen LogP contribution is -2.45. The number of piperidine rings is 1. The van der Waals surface area contributed by atoms with Crippen LogP contribution in [0, 0.1) is 16.7 Å². The Balaban J connectivity index is 1.30. The molecule has 1 heterocycles. The molecule has 1 unspecified atom stereocenters. The molecule has 3 aromatic rings. The Labute approximate surface area is 263 Å². The summed E-state index contributed by atoms with van der Waals surface area (Å²) >= 11 is 0. The van der Waals surface area contributed by atoms with Crippen LogP contribution in [-0.4, -0.2) is 61.0 Å². The van der Waals surface area contributed by atoms with E-state index in [4.69, 9.17) is 19.6 Å². The van der Waals surface area contributed by atoms with Gasteiger partial charge in [-0.15, -0.1) is 0 Å².